The van der Waals surface area contributed by atoms with Gasteiger partial charge in [0, 0.05) is 6.54 Å². The van der Waals surface area contributed by atoms with Gasteiger partial charge in [-0.25, -0.2) is 4.98 Å². The van der Waals surface area contributed by atoms with Crippen LogP contribution in [0.25, 0.3) is 0 Å². The van der Waals surface area contributed by atoms with E-state index < -0.39 is 23.8 Å². The van der Waals surface area contributed by atoms with Gasteiger partial charge in [-0.3, -0.25) is 9.59 Å². The number of H-pyrrole nitrogens is 1. The summed E-state index contributed by atoms with van der Waals surface area (Å²) in [4.78, 5) is 32.4. The Kier molecular flexibility index (Phi) is 4.82. The van der Waals surface area contributed by atoms with E-state index in [-0.39, 0.29) is 24.2 Å². The SMILES string of the molecule is O=C(C(O)c1cccc(C(F)(F)F)c1)N1CCCc2nc[nH]c(=O)c2C1. The molecule has 3 rings (SSSR count). The second-order valence-electron chi connectivity index (χ2n) is 6.05. The lowest BCUT2D eigenvalue weighted by atomic mass is 10.0. The van der Waals surface area contributed by atoms with E-state index in [2.05, 4.69) is 9.97 Å². The van der Waals surface area contributed by atoms with E-state index in [4.69, 9.17) is 0 Å². The average Bonchev–Trinajstić information content (AvgIpc) is 2.83. The third kappa shape index (κ3) is 3.62. The maximum atomic E-state index is 12.8. The molecule has 0 saturated carbocycles. The van der Waals surface area contributed by atoms with Crippen molar-refractivity contribution in [1.82, 2.24) is 14.9 Å². The molecule has 0 bridgehead atoms. The first-order valence-electron chi connectivity index (χ1n) is 7.97. The number of alkyl halides is 3. The Balaban J connectivity index is 1.85. The second kappa shape index (κ2) is 6.91. The third-order valence-electron chi connectivity index (χ3n) is 4.30. The minimum atomic E-state index is -4.57. The summed E-state index contributed by atoms with van der Waals surface area (Å²) in [5.41, 5.74) is -0.548. The first-order chi connectivity index (χ1) is 12.3. The van der Waals surface area contributed by atoms with E-state index in [0.717, 1.165) is 18.2 Å². The van der Waals surface area contributed by atoms with Crippen LogP contribution in [0.3, 0.4) is 0 Å². The number of aromatic amines is 1. The molecule has 1 aliphatic heterocycles. The fourth-order valence-corrected chi connectivity index (χ4v) is 2.94. The molecular formula is C17H16F3N3O3. The van der Waals surface area contributed by atoms with Crippen molar-refractivity contribution >= 4 is 5.91 Å². The average molecular weight is 367 g/mol. The van der Waals surface area contributed by atoms with Crippen LogP contribution in [0.5, 0.6) is 0 Å². The number of carbonyl (C=O) groups excluding carboxylic acids is 1. The van der Waals surface area contributed by atoms with E-state index in [0.29, 0.717) is 24.1 Å². The summed E-state index contributed by atoms with van der Waals surface area (Å²) in [7, 11) is 0. The number of aliphatic hydroxyl groups excluding tert-OH is 1. The zero-order chi connectivity index (χ0) is 18.9. The first-order valence-corrected chi connectivity index (χ1v) is 7.97. The molecule has 9 heteroatoms. The summed E-state index contributed by atoms with van der Waals surface area (Å²) < 4.78 is 38.5. The number of aromatic nitrogens is 2. The number of fused-ring (bicyclic) bond motifs is 1. The molecule has 0 radical (unpaired) electrons. The topological polar surface area (TPSA) is 86.3 Å². The molecule has 138 valence electrons. The number of nitrogens with zero attached hydrogens (tertiary/aromatic N) is 2. The van der Waals surface area contributed by atoms with Gasteiger partial charge in [0.1, 0.15) is 0 Å². The van der Waals surface area contributed by atoms with Crippen molar-refractivity contribution in [2.45, 2.75) is 31.7 Å². The maximum Gasteiger partial charge on any atom is 0.416 e. The molecule has 1 aromatic carbocycles. The molecular weight excluding hydrogens is 351 g/mol. The highest BCUT2D eigenvalue weighted by Crippen LogP contribution is 2.31. The number of aryl methyl sites for hydroxylation is 1. The second-order valence-corrected chi connectivity index (χ2v) is 6.05. The van der Waals surface area contributed by atoms with Crippen LogP contribution in [0.1, 0.15) is 34.9 Å². The molecule has 2 aromatic rings. The van der Waals surface area contributed by atoms with Gasteiger partial charge in [0.25, 0.3) is 11.5 Å². The van der Waals surface area contributed by atoms with Gasteiger partial charge in [-0.15, -0.1) is 0 Å². The molecule has 0 spiro atoms. The summed E-state index contributed by atoms with van der Waals surface area (Å²) in [5, 5.41) is 10.3. The minimum absolute atomic E-state index is 0.0483. The molecule has 1 aliphatic rings. The van der Waals surface area contributed by atoms with E-state index in [9.17, 15) is 27.9 Å². The van der Waals surface area contributed by atoms with Crippen LogP contribution in [-0.2, 0) is 23.9 Å². The van der Waals surface area contributed by atoms with Crippen LogP contribution in [0.2, 0.25) is 0 Å². The van der Waals surface area contributed by atoms with Crippen molar-refractivity contribution in [1.29, 1.82) is 0 Å². The number of aliphatic hydroxyl groups is 1. The molecule has 0 saturated heterocycles. The van der Waals surface area contributed by atoms with Crippen molar-refractivity contribution in [3.8, 4) is 0 Å². The lowest BCUT2D eigenvalue weighted by Gasteiger charge is -2.24. The van der Waals surface area contributed by atoms with E-state index in [1.54, 1.807) is 0 Å². The Hall–Kier alpha value is -2.68. The van der Waals surface area contributed by atoms with Gasteiger partial charge in [-0.05, 0) is 30.5 Å². The molecule has 1 aromatic heterocycles. The summed E-state index contributed by atoms with van der Waals surface area (Å²) in [5.74, 6) is -0.750. The number of hydrogen-bond donors (Lipinski definition) is 2. The molecule has 1 atom stereocenters. The van der Waals surface area contributed by atoms with Gasteiger partial charge in [0.15, 0.2) is 6.10 Å². The van der Waals surface area contributed by atoms with Crippen molar-refractivity contribution < 1.29 is 23.1 Å². The molecule has 0 fully saturated rings. The predicted octanol–water partition coefficient (Wildman–Crippen LogP) is 1.80. The van der Waals surface area contributed by atoms with Gasteiger partial charge in [-0.1, -0.05) is 12.1 Å². The minimum Gasteiger partial charge on any atom is -0.378 e. The highest BCUT2D eigenvalue weighted by molar-refractivity contribution is 5.82. The Morgan fingerprint density at radius 1 is 1.35 bits per heavy atom. The highest BCUT2D eigenvalue weighted by Gasteiger charge is 2.32. The fraction of sp³-hybridized carbons (Fsp3) is 0.353. The van der Waals surface area contributed by atoms with Crippen LogP contribution in [-0.4, -0.2) is 32.4 Å². The Morgan fingerprint density at radius 3 is 2.85 bits per heavy atom. The van der Waals surface area contributed by atoms with Crippen molar-refractivity contribution in [3.63, 3.8) is 0 Å². The van der Waals surface area contributed by atoms with E-state index in [1.807, 2.05) is 0 Å². The molecule has 2 heterocycles. The summed E-state index contributed by atoms with van der Waals surface area (Å²) in [6.45, 7) is 0.220. The lowest BCUT2D eigenvalue weighted by Crippen LogP contribution is -2.36. The monoisotopic (exact) mass is 367 g/mol. The molecule has 2 N–H and O–H groups in total. The van der Waals surface area contributed by atoms with Gasteiger partial charge in [-0.2, -0.15) is 13.2 Å². The summed E-state index contributed by atoms with van der Waals surface area (Å²) in [6.07, 6.45) is -3.99. The predicted molar refractivity (Wildman–Crippen MR) is 85.0 cm³/mol. The number of rotatable bonds is 2. The largest absolute Gasteiger partial charge is 0.416 e. The van der Waals surface area contributed by atoms with Gasteiger partial charge < -0.3 is 15.0 Å². The lowest BCUT2D eigenvalue weighted by molar-refractivity contribution is -0.142. The Labute approximate surface area is 146 Å². The highest BCUT2D eigenvalue weighted by atomic mass is 19.4. The number of benzene rings is 1. The van der Waals surface area contributed by atoms with Crippen LogP contribution in [0.4, 0.5) is 13.2 Å². The van der Waals surface area contributed by atoms with Crippen molar-refractivity contribution in [3.05, 3.63) is 63.3 Å². The van der Waals surface area contributed by atoms with Gasteiger partial charge in [0.05, 0.1) is 29.7 Å². The molecule has 26 heavy (non-hydrogen) atoms. The normalized spacial score (nSPS) is 15.9. The fourth-order valence-electron chi connectivity index (χ4n) is 2.94. The van der Waals surface area contributed by atoms with Crippen molar-refractivity contribution in [2.75, 3.05) is 6.54 Å². The van der Waals surface area contributed by atoms with Crippen LogP contribution in [0.15, 0.2) is 35.4 Å². The standard InChI is InChI=1S/C17H16F3N3O3/c18-17(19,20)11-4-1-3-10(7-11)14(24)16(26)23-6-2-5-13-12(8-23)15(25)22-9-21-13/h1,3-4,7,9,14,24H,2,5-6,8H2,(H,21,22,25). The molecule has 1 unspecified atom stereocenters. The molecule has 1 amide bonds. The van der Waals surface area contributed by atoms with Gasteiger partial charge in [0.2, 0.25) is 0 Å². The molecule has 6 nitrogen and oxygen atoms in total. The summed E-state index contributed by atoms with van der Waals surface area (Å²) >= 11 is 0. The van der Waals surface area contributed by atoms with Crippen molar-refractivity contribution in [2.24, 2.45) is 0 Å². The van der Waals surface area contributed by atoms with Crippen LogP contribution < -0.4 is 5.56 Å². The van der Waals surface area contributed by atoms with Crippen LogP contribution in [0, 0.1) is 0 Å². The number of amides is 1. The van der Waals surface area contributed by atoms with E-state index >= 15 is 0 Å². The van der Waals surface area contributed by atoms with E-state index in [1.165, 1.54) is 17.3 Å². The number of halogens is 3. The van der Waals surface area contributed by atoms with Crippen LogP contribution >= 0.6 is 0 Å². The number of nitrogens with one attached hydrogen (secondary N) is 1. The smallest absolute Gasteiger partial charge is 0.378 e. The third-order valence-corrected chi connectivity index (χ3v) is 4.30. The maximum absolute atomic E-state index is 12.8. The first kappa shape index (κ1) is 18.1. The zero-order valence-electron chi connectivity index (χ0n) is 13.6. The zero-order valence-corrected chi connectivity index (χ0v) is 13.6. The summed E-state index contributed by atoms with van der Waals surface area (Å²) in [6, 6.07) is 4.02. The number of hydrogen-bond acceptors (Lipinski definition) is 4. The number of carbonyl (C=O) groups is 1. The quantitative estimate of drug-likeness (QED) is 0.848. The Morgan fingerprint density at radius 2 is 2.12 bits per heavy atom. The Bertz CT molecular complexity index is 879. The van der Waals surface area contributed by atoms with Gasteiger partial charge >= 0.3 is 6.18 Å². The molecule has 0 aliphatic carbocycles.